The third kappa shape index (κ3) is 3.21. The number of ether oxygens (including phenoxy) is 1. The van der Waals surface area contributed by atoms with Crippen molar-refractivity contribution in [2.24, 2.45) is 0 Å². The normalized spacial score (nSPS) is 22.5. The Morgan fingerprint density at radius 3 is 2.76 bits per heavy atom. The summed E-state index contributed by atoms with van der Waals surface area (Å²) in [4.78, 5) is 16.7. The summed E-state index contributed by atoms with van der Waals surface area (Å²) in [5.74, 6) is -0.596. The monoisotopic (exact) mass is 324 g/mol. The van der Waals surface area contributed by atoms with Crippen molar-refractivity contribution in [3.05, 3.63) is 22.8 Å². The van der Waals surface area contributed by atoms with Gasteiger partial charge in [-0.05, 0) is 6.07 Å². The van der Waals surface area contributed by atoms with Crippen molar-refractivity contribution in [3.8, 4) is 0 Å². The third-order valence-corrected chi connectivity index (χ3v) is 3.45. The molecule has 1 aromatic heterocycles. The van der Waals surface area contributed by atoms with Crippen LogP contribution in [0.3, 0.4) is 0 Å². The van der Waals surface area contributed by atoms with Crippen molar-refractivity contribution >= 4 is 23.4 Å². The zero-order chi connectivity index (χ0) is 15.8. The van der Waals surface area contributed by atoms with Crippen molar-refractivity contribution < 1.29 is 27.8 Å². The van der Waals surface area contributed by atoms with Gasteiger partial charge in [0.1, 0.15) is 11.9 Å². The minimum atomic E-state index is -4.55. The summed E-state index contributed by atoms with van der Waals surface area (Å²) in [7, 11) is 1.19. The van der Waals surface area contributed by atoms with E-state index in [9.17, 15) is 23.1 Å². The van der Waals surface area contributed by atoms with Gasteiger partial charge in [0.05, 0.1) is 23.8 Å². The average Bonchev–Trinajstić information content (AvgIpc) is 2.78. The minimum absolute atomic E-state index is 0.0108. The van der Waals surface area contributed by atoms with Crippen molar-refractivity contribution in [2.45, 2.75) is 24.7 Å². The molecule has 0 saturated carbocycles. The third-order valence-electron chi connectivity index (χ3n) is 3.17. The van der Waals surface area contributed by atoms with Gasteiger partial charge in [-0.25, -0.2) is 9.78 Å². The second-order valence-corrected chi connectivity index (χ2v) is 5.02. The smallest absolute Gasteiger partial charge is 0.417 e. The predicted molar refractivity (Wildman–Crippen MR) is 68.0 cm³/mol. The first-order valence-electron chi connectivity index (χ1n) is 5.99. The maximum atomic E-state index is 12.6. The van der Waals surface area contributed by atoms with Crippen LogP contribution in [0.5, 0.6) is 0 Å². The van der Waals surface area contributed by atoms with Gasteiger partial charge in [-0.3, -0.25) is 0 Å². The summed E-state index contributed by atoms with van der Waals surface area (Å²) in [6, 6.07) is -0.0881. The molecule has 9 heteroatoms. The summed E-state index contributed by atoms with van der Waals surface area (Å²) < 4.78 is 42.3. The number of β-amino-alcohol motifs (C(OH)–C–C–N with tert-alkyl or cyclic N) is 1. The van der Waals surface area contributed by atoms with Crippen LogP contribution in [0.4, 0.5) is 19.0 Å². The summed E-state index contributed by atoms with van der Waals surface area (Å²) in [6.07, 6.45) is -4.62. The molecule has 0 spiro atoms. The number of pyridine rings is 1. The number of aromatic nitrogens is 1. The molecule has 21 heavy (non-hydrogen) atoms. The number of carbonyl (C=O) groups is 1. The largest absolute Gasteiger partial charge is 0.467 e. The van der Waals surface area contributed by atoms with E-state index in [-0.39, 0.29) is 23.8 Å². The molecule has 1 fully saturated rings. The maximum Gasteiger partial charge on any atom is 0.417 e. The molecule has 5 nitrogen and oxygen atoms in total. The first kappa shape index (κ1) is 15.8. The second-order valence-electron chi connectivity index (χ2n) is 4.61. The fourth-order valence-electron chi connectivity index (χ4n) is 2.20. The summed E-state index contributed by atoms with van der Waals surface area (Å²) in [6.45, 7) is 0.0395. The molecule has 1 saturated heterocycles. The topological polar surface area (TPSA) is 62.7 Å². The molecule has 1 aliphatic heterocycles. The van der Waals surface area contributed by atoms with Gasteiger partial charge in [-0.2, -0.15) is 13.2 Å². The van der Waals surface area contributed by atoms with E-state index >= 15 is 0 Å². The summed E-state index contributed by atoms with van der Waals surface area (Å²) in [5, 5.41) is 9.41. The van der Waals surface area contributed by atoms with Crippen molar-refractivity contribution in [1.29, 1.82) is 0 Å². The van der Waals surface area contributed by atoms with E-state index < -0.39 is 29.9 Å². The number of anilines is 1. The van der Waals surface area contributed by atoms with E-state index in [1.54, 1.807) is 0 Å². The Kier molecular flexibility index (Phi) is 4.29. The van der Waals surface area contributed by atoms with Gasteiger partial charge in [-0.15, -0.1) is 0 Å². The number of hydrogen-bond donors (Lipinski definition) is 1. The first-order chi connectivity index (χ1) is 9.74. The van der Waals surface area contributed by atoms with E-state index in [2.05, 4.69) is 9.72 Å². The van der Waals surface area contributed by atoms with E-state index in [0.29, 0.717) is 6.20 Å². The average molecular weight is 325 g/mol. The summed E-state index contributed by atoms with van der Waals surface area (Å²) in [5.41, 5.74) is -0.981. The number of hydrogen-bond acceptors (Lipinski definition) is 5. The van der Waals surface area contributed by atoms with Crippen molar-refractivity contribution in [1.82, 2.24) is 4.98 Å². The highest BCUT2D eigenvalue weighted by Gasteiger charge is 2.39. The molecule has 2 rings (SSSR count). The Labute approximate surface area is 123 Å². The predicted octanol–water partition coefficient (Wildman–Crippen LogP) is 1.87. The second kappa shape index (κ2) is 5.69. The zero-order valence-corrected chi connectivity index (χ0v) is 11.6. The highest BCUT2D eigenvalue weighted by atomic mass is 35.5. The van der Waals surface area contributed by atoms with Gasteiger partial charge in [0.25, 0.3) is 0 Å². The number of aliphatic hydroxyl groups excluding tert-OH is 1. The van der Waals surface area contributed by atoms with Crippen LogP contribution in [-0.4, -0.2) is 41.9 Å². The number of carbonyl (C=O) groups excluding carboxylic acids is 1. The highest BCUT2D eigenvalue weighted by molar-refractivity contribution is 6.33. The molecule has 0 radical (unpaired) electrons. The quantitative estimate of drug-likeness (QED) is 0.841. The first-order valence-corrected chi connectivity index (χ1v) is 6.37. The fraction of sp³-hybridized carbons (Fsp3) is 0.500. The summed E-state index contributed by atoms with van der Waals surface area (Å²) >= 11 is 5.84. The van der Waals surface area contributed by atoms with Crippen molar-refractivity contribution in [3.63, 3.8) is 0 Å². The molecule has 0 bridgehead atoms. The lowest BCUT2D eigenvalue weighted by Crippen LogP contribution is -2.37. The zero-order valence-electron chi connectivity index (χ0n) is 10.9. The molecule has 1 aliphatic rings. The standard InChI is InChI=1S/C12H12ClF3N2O3/c1-21-11(20)9-3-7(19)5-18(9)10-8(13)2-6(4-17-10)12(14,15)16/h2,4,7,9,19H,3,5H2,1H3. The fourth-order valence-corrected chi connectivity index (χ4v) is 2.48. The van der Waals surface area contributed by atoms with Crippen LogP contribution in [0.25, 0.3) is 0 Å². The van der Waals surface area contributed by atoms with Gasteiger partial charge >= 0.3 is 12.1 Å². The molecule has 116 valence electrons. The van der Waals surface area contributed by atoms with Crippen LogP contribution < -0.4 is 4.90 Å². The van der Waals surface area contributed by atoms with Crippen LogP contribution in [0.2, 0.25) is 5.02 Å². The van der Waals surface area contributed by atoms with E-state index in [0.717, 1.165) is 6.07 Å². The highest BCUT2D eigenvalue weighted by Crippen LogP contribution is 2.35. The van der Waals surface area contributed by atoms with Crippen molar-refractivity contribution in [2.75, 3.05) is 18.6 Å². The SMILES string of the molecule is COC(=O)C1CC(O)CN1c1ncc(C(F)(F)F)cc1Cl. The lowest BCUT2D eigenvalue weighted by molar-refractivity contribution is -0.142. The molecular weight excluding hydrogens is 313 g/mol. The van der Waals surface area contributed by atoms with E-state index in [1.807, 2.05) is 0 Å². The molecular formula is C12H12ClF3N2O3. The van der Waals surface area contributed by atoms with Gasteiger partial charge in [-0.1, -0.05) is 11.6 Å². The van der Waals surface area contributed by atoms with Gasteiger partial charge in [0, 0.05) is 19.2 Å². The number of methoxy groups -OCH3 is 1. The van der Waals surface area contributed by atoms with E-state index in [1.165, 1.54) is 12.0 Å². The number of halogens is 4. The number of esters is 1. The molecule has 0 amide bonds. The lowest BCUT2D eigenvalue weighted by atomic mass is 10.2. The Hall–Kier alpha value is -1.54. The van der Waals surface area contributed by atoms with Gasteiger partial charge < -0.3 is 14.7 Å². The Balaban J connectivity index is 2.34. The Morgan fingerprint density at radius 1 is 1.57 bits per heavy atom. The molecule has 0 aromatic carbocycles. The van der Waals surface area contributed by atoms with Crippen LogP contribution in [0.15, 0.2) is 12.3 Å². The number of alkyl halides is 3. The molecule has 2 atom stereocenters. The molecule has 0 aliphatic carbocycles. The number of aliphatic hydroxyl groups is 1. The van der Waals surface area contributed by atoms with Crippen LogP contribution in [-0.2, 0) is 15.7 Å². The lowest BCUT2D eigenvalue weighted by Gasteiger charge is -2.24. The minimum Gasteiger partial charge on any atom is -0.467 e. The van der Waals surface area contributed by atoms with Crippen LogP contribution in [0.1, 0.15) is 12.0 Å². The van der Waals surface area contributed by atoms with E-state index in [4.69, 9.17) is 11.6 Å². The molecule has 1 N–H and O–H groups in total. The Bertz CT molecular complexity index is 553. The molecule has 1 aromatic rings. The Morgan fingerprint density at radius 2 is 2.24 bits per heavy atom. The van der Waals surface area contributed by atoms with Crippen LogP contribution >= 0.6 is 11.6 Å². The van der Waals surface area contributed by atoms with Gasteiger partial charge in [0.2, 0.25) is 0 Å². The molecule has 2 unspecified atom stereocenters. The number of nitrogens with zero attached hydrogens (tertiary/aromatic N) is 2. The number of rotatable bonds is 2. The molecule has 2 heterocycles. The van der Waals surface area contributed by atoms with Gasteiger partial charge in [0.15, 0.2) is 0 Å². The van der Waals surface area contributed by atoms with Crippen LogP contribution in [0, 0.1) is 0 Å². The maximum absolute atomic E-state index is 12.6.